The Bertz CT molecular complexity index is 364. The van der Waals surface area contributed by atoms with Crippen LogP contribution in [0.15, 0.2) is 24.3 Å². The third-order valence-electron chi connectivity index (χ3n) is 1.87. The summed E-state index contributed by atoms with van der Waals surface area (Å²) in [5, 5.41) is 0. The zero-order valence-electron chi connectivity index (χ0n) is 7.88. The van der Waals surface area contributed by atoms with Crippen molar-refractivity contribution in [2.45, 2.75) is 12.2 Å². The molecule has 0 N–H and O–H groups in total. The molecule has 15 heavy (non-hydrogen) atoms. The van der Waals surface area contributed by atoms with Crippen LogP contribution in [0, 0.1) is 6.57 Å². The lowest BCUT2D eigenvalue weighted by molar-refractivity contribution is -0.140. The molecule has 0 aliphatic rings. The van der Waals surface area contributed by atoms with Gasteiger partial charge in [-0.3, -0.25) is 4.85 Å². The van der Waals surface area contributed by atoms with Crippen LogP contribution in [-0.2, 0) is 0 Å². The van der Waals surface area contributed by atoms with Crippen molar-refractivity contribution in [3.05, 3.63) is 41.2 Å². The first-order chi connectivity index (χ1) is 6.99. The van der Waals surface area contributed by atoms with E-state index in [-0.39, 0.29) is 5.56 Å². The van der Waals surface area contributed by atoms with Crippen LogP contribution in [0.1, 0.15) is 11.6 Å². The molecule has 5 heteroatoms. The van der Waals surface area contributed by atoms with E-state index in [9.17, 15) is 13.2 Å². The third-order valence-corrected chi connectivity index (χ3v) is 1.87. The second kappa shape index (κ2) is 4.22. The average molecular weight is 215 g/mol. The average Bonchev–Trinajstić information content (AvgIpc) is 2.18. The van der Waals surface area contributed by atoms with Gasteiger partial charge in [-0.25, -0.2) is 6.57 Å². The highest BCUT2D eigenvalue weighted by molar-refractivity contribution is 5.31. The molecule has 1 aromatic rings. The largest absolute Gasteiger partial charge is 0.497 e. The molecule has 0 aliphatic carbocycles. The first-order valence-electron chi connectivity index (χ1n) is 4.06. The Morgan fingerprint density at radius 3 is 2.13 bits per heavy atom. The summed E-state index contributed by atoms with van der Waals surface area (Å²) < 4.78 is 41.8. The lowest BCUT2D eigenvalue weighted by Crippen LogP contribution is -2.17. The molecule has 0 fully saturated rings. The molecular weight excluding hydrogens is 207 g/mol. The fourth-order valence-corrected chi connectivity index (χ4v) is 1.12. The molecule has 0 amide bonds. The molecule has 2 nitrogen and oxygen atoms in total. The number of rotatable bonds is 2. The fraction of sp³-hybridized carbons (Fsp3) is 0.300. The van der Waals surface area contributed by atoms with Gasteiger partial charge in [-0.05, 0) is 24.3 Å². The lowest BCUT2D eigenvalue weighted by atomic mass is 10.1. The van der Waals surface area contributed by atoms with Gasteiger partial charge in [-0.15, -0.1) is 0 Å². The van der Waals surface area contributed by atoms with Crippen molar-refractivity contribution in [3.63, 3.8) is 0 Å². The van der Waals surface area contributed by atoms with E-state index in [1.165, 1.54) is 31.4 Å². The number of alkyl halides is 3. The molecule has 1 rings (SSSR count). The molecule has 0 bridgehead atoms. The van der Waals surface area contributed by atoms with Crippen molar-refractivity contribution in [3.8, 4) is 5.75 Å². The van der Waals surface area contributed by atoms with E-state index >= 15 is 0 Å². The molecule has 1 aromatic carbocycles. The second-order valence-electron chi connectivity index (χ2n) is 2.85. The predicted molar refractivity (Wildman–Crippen MR) is 48.4 cm³/mol. The van der Waals surface area contributed by atoms with Gasteiger partial charge >= 0.3 is 12.2 Å². The Balaban J connectivity index is 3.00. The van der Waals surface area contributed by atoms with Gasteiger partial charge in [0.1, 0.15) is 5.75 Å². The molecule has 0 radical (unpaired) electrons. The Hall–Kier alpha value is -1.70. The highest BCUT2D eigenvalue weighted by atomic mass is 19.4. The molecule has 0 saturated carbocycles. The first-order valence-corrected chi connectivity index (χ1v) is 4.06. The number of halogens is 3. The molecule has 1 unspecified atom stereocenters. The summed E-state index contributed by atoms with van der Waals surface area (Å²) in [5.41, 5.74) is -0.0710. The van der Waals surface area contributed by atoms with Crippen LogP contribution >= 0.6 is 0 Å². The van der Waals surface area contributed by atoms with Crippen LogP contribution in [0.25, 0.3) is 4.85 Å². The van der Waals surface area contributed by atoms with Gasteiger partial charge < -0.3 is 4.74 Å². The van der Waals surface area contributed by atoms with E-state index in [1.807, 2.05) is 0 Å². The Morgan fingerprint density at radius 1 is 1.27 bits per heavy atom. The summed E-state index contributed by atoms with van der Waals surface area (Å²) >= 11 is 0. The maximum atomic E-state index is 12.3. The van der Waals surface area contributed by atoms with Crippen LogP contribution in [0.3, 0.4) is 0 Å². The standard InChI is InChI=1S/C10H8F3NO/c1-14-9(10(11,12)13)7-3-5-8(15-2)6-4-7/h3-6,9H,2H3. The normalized spacial score (nSPS) is 13.0. The Labute approximate surface area is 85.1 Å². The minimum absolute atomic E-state index is 0.0710. The van der Waals surface area contributed by atoms with Gasteiger partial charge in [0.05, 0.1) is 7.11 Å². The number of benzene rings is 1. The monoisotopic (exact) mass is 215 g/mol. The van der Waals surface area contributed by atoms with Crippen LogP contribution < -0.4 is 4.74 Å². The number of nitrogens with zero attached hydrogens (tertiary/aromatic N) is 1. The van der Waals surface area contributed by atoms with Crippen LogP contribution in [0.2, 0.25) is 0 Å². The van der Waals surface area contributed by atoms with E-state index < -0.39 is 12.2 Å². The van der Waals surface area contributed by atoms with Gasteiger partial charge in [0.15, 0.2) is 0 Å². The summed E-state index contributed by atoms with van der Waals surface area (Å²) in [7, 11) is 1.42. The van der Waals surface area contributed by atoms with Gasteiger partial charge in [0.2, 0.25) is 0 Å². The smallest absolute Gasteiger partial charge is 0.470 e. The summed E-state index contributed by atoms with van der Waals surface area (Å²) in [5.74, 6) is 0.463. The molecule has 80 valence electrons. The number of ether oxygens (including phenoxy) is 1. The van der Waals surface area contributed by atoms with E-state index in [4.69, 9.17) is 11.3 Å². The summed E-state index contributed by atoms with van der Waals surface area (Å²) in [6, 6.07) is 3.20. The minimum atomic E-state index is -4.53. The SMILES string of the molecule is [C-]#[N+]C(c1ccc(OC)cc1)C(F)(F)F. The maximum Gasteiger partial charge on any atom is 0.470 e. The number of methoxy groups -OCH3 is 1. The Kier molecular flexibility index (Phi) is 3.20. The van der Waals surface area contributed by atoms with Crippen molar-refractivity contribution in [1.29, 1.82) is 0 Å². The van der Waals surface area contributed by atoms with Crippen molar-refractivity contribution in [2.75, 3.05) is 7.11 Å². The van der Waals surface area contributed by atoms with Crippen molar-refractivity contribution < 1.29 is 17.9 Å². The van der Waals surface area contributed by atoms with Gasteiger partial charge in [0, 0.05) is 5.56 Å². The third kappa shape index (κ3) is 2.62. The summed E-state index contributed by atoms with van der Waals surface area (Å²) in [4.78, 5) is 2.57. The minimum Gasteiger partial charge on any atom is -0.497 e. The van der Waals surface area contributed by atoms with Gasteiger partial charge in [-0.1, -0.05) is 0 Å². The lowest BCUT2D eigenvalue weighted by Gasteiger charge is -2.09. The van der Waals surface area contributed by atoms with Crippen LogP contribution in [0.5, 0.6) is 5.75 Å². The van der Waals surface area contributed by atoms with Gasteiger partial charge in [0.25, 0.3) is 0 Å². The van der Waals surface area contributed by atoms with Crippen LogP contribution in [-0.4, -0.2) is 13.3 Å². The highest BCUT2D eigenvalue weighted by Gasteiger charge is 2.47. The molecule has 0 spiro atoms. The van der Waals surface area contributed by atoms with Crippen LogP contribution in [0.4, 0.5) is 13.2 Å². The fourth-order valence-electron chi connectivity index (χ4n) is 1.12. The zero-order chi connectivity index (χ0) is 11.5. The molecule has 1 atom stereocenters. The molecular formula is C10H8F3NO. The topological polar surface area (TPSA) is 13.6 Å². The number of hydrogen-bond donors (Lipinski definition) is 0. The molecule has 0 aromatic heterocycles. The Morgan fingerprint density at radius 2 is 1.80 bits per heavy atom. The van der Waals surface area contributed by atoms with Gasteiger partial charge in [-0.2, -0.15) is 13.2 Å². The van der Waals surface area contributed by atoms with E-state index in [0.717, 1.165) is 0 Å². The molecule has 0 heterocycles. The molecule has 0 saturated heterocycles. The summed E-state index contributed by atoms with van der Waals surface area (Å²) in [6.45, 7) is 6.53. The predicted octanol–water partition coefficient (Wildman–Crippen LogP) is 3.22. The van der Waals surface area contributed by atoms with E-state index in [2.05, 4.69) is 4.85 Å². The highest BCUT2D eigenvalue weighted by Crippen LogP contribution is 2.36. The van der Waals surface area contributed by atoms with Crippen molar-refractivity contribution in [2.24, 2.45) is 0 Å². The summed E-state index contributed by atoms with van der Waals surface area (Å²) in [6.07, 6.45) is -4.53. The number of hydrogen-bond acceptors (Lipinski definition) is 1. The molecule has 0 aliphatic heterocycles. The van der Waals surface area contributed by atoms with E-state index in [1.54, 1.807) is 0 Å². The van der Waals surface area contributed by atoms with E-state index in [0.29, 0.717) is 5.75 Å². The first kappa shape index (κ1) is 11.4. The quantitative estimate of drug-likeness (QED) is 0.690. The maximum absolute atomic E-state index is 12.3. The van der Waals surface area contributed by atoms with Crippen molar-refractivity contribution >= 4 is 0 Å². The zero-order valence-corrected chi connectivity index (χ0v) is 7.88. The second-order valence-corrected chi connectivity index (χ2v) is 2.85. The van der Waals surface area contributed by atoms with Crippen molar-refractivity contribution in [1.82, 2.24) is 0 Å².